The van der Waals surface area contributed by atoms with Gasteiger partial charge in [-0.05, 0) is 116 Å². The molecular formula is C28H50O. The molecule has 1 N–H and O–H groups in total. The van der Waals surface area contributed by atoms with Gasteiger partial charge in [0.05, 0.1) is 6.10 Å². The molecule has 0 amide bonds. The van der Waals surface area contributed by atoms with Gasteiger partial charge >= 0.3 is 0 Å². The maximum Gasteiger partial charge on any atom is 0.0543 e. The molecule has 29 heavy (non-hydrogen) atoms. The van der Waals surface area contributed by atoms with Gasteiger partial charge in [0.2, 0.25) is 0 Å². The molecule has 0 saturated heterocycles. The Bertz CT molecular complexity index is 569. The van der Waals surface area contributed by atoms with E-state index >= 15 is 0 Å². The first-order valence-corrected chi connectivity index (χ1v) is 13.3. The van der Waals surface area contributed by atoms with E-state index in [1.165, 1.54) is 57.8 Å². The molecule has 0 aromatic heterocycles. The standard InChI is InChI=1S/C28H50O/c1-18(2)19(3)7-8-20(4)24-11-12-25-23-10-9-21-17-22(29)13-15-27(21,5)26(23)14-16-28(24,25)6/h18-26,29H,7-17H2,1-6H3/t19-,20+,21-,22+,23-,24-,25+,26+,27+,28+/m0/s1. The quantitative estimate of drug-likeness (QED) is 0.499. The molecule has 4 fully saturated rings. The van der Waals surface area contributed by atoms with E-state index in [1.54, 1.807) is 0 Å². The first kappa shape index (κ1) is 22.2. The molecule has 1 nitrogen and oxygen atoms in total. The molecule has 4 rings (SSSR count). The smallest absolute Gasteiger partial charge is 0.0543 e. The highest BCUT2D eigenvalue weighted by atomic mass is 16.3. The number of hydrogen-bond acceptors (Lipinski definition) is 1. The summed E-state index contributed by atoms with van der Waals surface area (Å²) >= 11 is 0. The second kappa shape index (κ2) is 8.14. The lowest BCUT2D eigenvalue weighted by Gasteiger charge is -2.61. The number of aliphatic hydroxyl groups excluding tert-OH is 1. The van der Waals surface area contributed by atoms with E-state index in [9.17, 15) is 5.11 Å². The summed E-state index contributed by atoms with van der Waals surface area (Å²) in [6.07, 6.45) is 15.1. The van der Waals surface area contributed by atoms with Crippen molar-refractivity contribution in [3.05, 3.63) is 0 Å². The van der Waals surface area contributed by atoms with E-state index < -0.39 is 0 Å². The van der Waals surface area contributed by atoms with E-state index in [4.69, 9.17) is 0 Å². The van der Waals surface area contributed by atoms with Crippen LogP contribution in [0.3, 0.4) is 0 Å². The third-order valence-corrected chi connectivity index (χ3v) is 11.6. The van der Waals surface area contributed by atoms with Crippen molar-refractivity contribution in [2.24, 2.45) is 58.2 Å². The highest BCUT2D eigenvalue weighted by Crippen LogP contribution is 2.68. The van der Waals surface area contributed by atoms with Crippen LogP contribution in [0.2, 0.25) is 0 Å². The predicted octanol–water partition coefficient (Wildman–Crippen LogP) is 7.71. The molecule has 1 heteroatoms. The molecule has 0 aliphatic heterocycles. The zero-order chi connectivity index (χ0) is 21.0. The van der Waals surface area contributed by atoms with E-state index in [2.05, 4.69) is 41.5 Å². The largest absolute Gasteiger partial charge is 0.393 e. The maximum absolute atomic E-state index is 10.3. The Morgan fingerprint density at radius 3 is 2.21 bits per heavy atom. The van der Waals surface area contributed by atoms with Crippen LogP contribution >= 0.6 is 0 Å². The fraction of sp³-hybridized carbons (Fsp3) is 1.00. The predicted molar refractivity (Wildman–Crippen MR) is 124 cm³/mol. The SMILES string of the molecule is CC(C)[C@@H](C)CC[C@@H](C)[C@@H]1CC[C@@H]2[C@@H]3CC[C@H]4C[C@H](O)CC[C@@]4(C)[C@@H]3CC[C@@]21C. The van der Waals surface area contributed by atoms with Gasteiger partial charge in [-0.2, -0.15) is 0 Å². The molecule has 0 aromatic carbocycles. The summed E-state index contributed by atoms with van der Waals surface area (Å²) in [6, 6.07) is 0. The molecule has 0 bridgehead atoms. The topological polar surface area (TPSA) is 20.2 Å². The molecule has 4 aliphatic rings. The van der Waals surface area contributed by atoms with Crippen LogP contribution in [0.1, 0.15) is 112 Å². The zero-order valence-corrected chi connectivity index (χ0v) is 20.4. The lowest BCUT2D eigenvalue weighted by Crippen LogP contribution is -2.54. The fourth-order valence-electron chi connectivity index (χ4n) is 9.27. The maximum atomic E-state index is 10.3. The Kier molecular flexibility index (Phi) is 6.22. The van der Waals surface area contributed by atoms with E-state index in [-0.39, 0.29) is 6.10 Å². The summed E-state index contributed by atoms with van der Waals surface area (Å²) in [6.45, 7) is 15.2. The average Bonchev–Trinajstić information content (AvgIpc) is 3.03. The van der Waals surface area contributed by atoms with Gasteiger partial charge < -0.3 is 5.11 Å². The van der Waals surface area contributed by atoms with Gasteiger partial charge in [0, 0.05) is 0 Å². The van der Waals surface area contributed by atoms with E-state index in [0.29, 0.717) is 10.8 Å². The number of rotatable bonds is 5. The van der Waals surface area contributed by atoms with Crippen molar-refractivity contribution < 1.29 is 5.11 Å². The third-order valence-electron chi connectivity index (χ3n) is 11.6. The first-order valence-electron chi connectivity index (χ1n) is 13.3. The average molecular weight is 403 g/mol. The first-order chi connectivity index (χ1) is 13.7. The molecule has 168 valence electrons. The van der Waals surface area contributed by atoms with Crippen molar-refractivity contribution in [2.45, 2.75) is 118 Å². The minimum atomic E-state index is -0.0107. The molecule has 10 atom stereocenters. The Labute approximate surface area is 181 Å². The van der Waals surface area contributed by atoms with Gasteiger partial charge in [0.15, 0.2) is 0 Å². The highest BCUT2D eigenvalue weighted by Gasteiger charge is 2.60. The van der Waals surface area contributed by atoms with Crippen molar-refractivity contribution in [1.82, 2.24) is 0 Å². The number of fused-ring (bicyclic) bond motifs is 5. The van der Waals surface area contributed by atoms with Gasteiger partial charge in [-0.1, -0.05) is 54.4 Å². The minimum absolute atomic E-state index is 0.0107. The second-order valence-corrected chi connectivity index (χ2v) is 13.1. The van der Waals surface area contributed by atoms with Crippen molar-refractivity contribution in [3.63, 3.8) is 0 Å². The molecule has 4 aliphatic carbocycles. The summed E-state index contributed by atoms with van der Waals surface area (Å²) in [5.41, 5.74) is 1.14. The minimum Gasteiger partial charge on any atom is -0.393 e. The Morgan fingerprint density at radius 2 is 1.48 bits per heavy atom. The number of hydrogen-bond donors (Lipinski definition) is 1. The molecule has 0 unspecified atom stereocenters. The van der Waals surface area contributed by atoms with Crippen LogP contribution in [-0.4, -0.2) is 11.2 Å². The zero-order valence-electron chi connectivity index (χ0n) is 20.4. The van der Waals surface area contributed by atoms with Crippen molar-refractivity contribution in [3.8, 4) is 0 Å². The third kappa shape index (κ3) is 3.74. The van der Waals surface area contributed by atoms with Gasteiger partial charge in [-0.25, -0.2) is 0 Å². The Hall–Kier alpha value is -0.0400. The van der Waals surface area contributed by atoms with Crippen LogP contribution in [0.15, 0.2) is 0 Å². The second-order valence-electron chi connectivity index (χ2n) is 13.1. The molecule has 0 aromatic rings. The van der Waals surface area contributed by atoms with Crippen LogP contribution in [0.25, 0.3) is 0 Å². The number of aliphatic hydroxyl groups is 1. The Balaban J connectivity index is 1.46. The summed E-state index contributed by atoms with van der Waals surface area (Å²) in [7, 11) is 0. The van der Waals surface area contributed by atoms with Crippen molar-refractivity contribution in [2.75, 3.05) is 0 Å². The van der Waals surface area contributed by atoms with Gasteiger partial charge in [-0.15, -0.1) is 0 Å². The van der Waals surface area contributed by atoms with Crippen LogP contribution < -0.4 is 0 Å². The highest BCUT2D eigenvalue weighted by molar-refractivity contribution is 5.09. The van der Waals surface area contributed by atoms with Crippen LogP contribution in [-0.2, 0) is 0 Å². The van der Waals surface area contributed by atoms with Crippen molar-refractivity contribution in [1.29, 1.82) is 0 Å². The van der Waals surface area contributed by atoms with Crippen LogP contribution in [0.5, 0.6) is 0 Å². The summed E-state index contributed by atoms with van der Waals surface area (Å²) in [4.78, 5) is 0. The van der Waals surface area contributed by atoms with E-state index in [0.717, 1.165) is 60.2 Å². The Morgan fingerprint density at radius 1 is 0.793 bits per heavy atom. The fourth-order valence-corrected chi connectivity index (χ4v) is 9.27. The van der Waals surface area contributed by atoms with E-state index in [1.807, 2.05) is 0 Å². The summed E-state index contributed by atoms with van der Waals surface area (Å²) < 4.78 is 0. The molecule has 4 saturated carbocycles. The van der Waals surface area contributed by atoms with Gasteiger partial charge in [-0.3, -0.25) is 0 Å². The monoisotopic (exact) mass is 402 g/mol. The lowest BCUT2D eigenvalue weighted by atomic mass is 9.44. The molecular weight excluding hydrogens is 352 g/mol. The normalized spacial score (nSPS) is 49.2. The summed E-state index contributed by atoms with van der Waals surface area (Å²) in [5, 5.41) is 10.3. The molecule has 0 heterocycles. The van der Waals surface area contributed by atoms with Crippen LogP contribution in [0.4, 0.5) is 0 Å². The van der Waals surface area contributed by atoms with Gasteiger partial charge in [0.1, 0.15) is 0 Å². The molecule has 0 radical (unpaired) electrons. The molecule has 0 spiro atoms. The van der Waals surface area contributed by atoms with Gasteiger partial charge in [0.25, 0.3) is 0 Å². The van der Waals surface area contributed by atoms with Crippen molar-refractivity contribution >= 4 is 0 Å². The van der Waals surface area contributed by atoms with Crippen LogP contribution in [0, 0.1) is 58.2 Å². The summed E-state index contributed by atoms with van der Waals surface area (Å²) in [5.74, 6) is 7.28. The lowest BCUT2D eigenvalue weighted by molar-refractivity contribution is -0.129.